The van der Waals surface area contributed by atoms with Gasteiger partial charge in [0.2, 0.25) is 0 Å². The normalized spacial score (nSPS) is 24.7. The lowest BCUT2D eigenvalue weighted by Crippen LogP contribution is -2.28. The molecule has 1 atom stereocenters. The van der Waals surface area contributed by atoms with Gasteiger partial charge in [-0.25, -0.2) is 8.78 Å². The molecule has 1 heterocycles. The second-order valence-electron chi connectivity index (χ2n) is 4.22. The summed E-state index contributed by atoms with van der Waals surface area (Å²) in [5.41, 5.74) is -0.564. The van der Waals surface area contributed by atoms with Crippen molar-refractivity contribution in [1.29, 1.82) is 0 Å². The van der Waals surface area contributed by atoms with E-state index in [2.05, 4.69) is 5.32 Å². The van der Waals surface area contributed by atoms with Gasteiger partial charge in [0.25, 0.3) is 0 Å². The van der Waals surface area contributed by atoms with Crippen LogP contribution in [0.5, 0.6) is 5.75 Å². The average Bonchev–Trinajstić information content (AvgIpc) is 2.65. The van der Waals surface area contributed by atoms with Crippen molar-refractivity contribution in [1.82, 2.24) is 5.32 Å². The number of methoxy groups -OCH3 is 1. The molecule has 2 nitrogen and oxygen atoms in total. The number of hydrogen-bond acceptors (Lipinski definition) is 2. The number of alkyl halides is 1. The Bertz CT molecular complexity index is 375. The molecule has 1 saturated heterocycles. The topological polar surface area (TPSA) is 21.3 Å². The summed E-state index contributed by atoms with van der Waals surface area (Å²) in [6.07, 6.45) is 0.738. The molecule has 0 bridgehead atoms. The Balaban J connectivity index is 2.13. The van der Waals surface area contributed by atoms with E-state index >= 15 is 0 Å². The zero-order valence-electron chi connectivity index (χ0n) is 9.22. The Labute approximate surface area is 93.6 Å². The predicted molar refractivity (Wildman–Crippen MR) is 58.0 cm³/mol. The molecular weight excluding hydrogens is 212 g/mol. The summed E-state index contributed by atoms with van der Waals surface area (Å²) in [7, 11) is 1.41. The Morgan fingerprint density at radius 1 is 1.50 bits per heavy atom. The van der Waals surface area contributed by atoms with Crippen molar-refractivity contribution in [2.45, 2.75) is 18.5 Å². The second kappa shape index (κ2) is 4.37. The molecule has 0 aliphatic carbocycles. The number of nitrogens with one attached hydrogen (secondary N) is 1. The van der Waals surface area contributed by atoms with Crippen molar-refractivity contribution < 1.29 is 13.5 Å². The van der Waals surface area contributed by atoms with Gasteiger partial charge in [-0.1, -0.05) is 6.07 Å². The maximum atomic E-state index is 14.1. The fourth-order valence-electron chi connectivity index (χ4n) is 2.05. The molecule has 0 spiro atoms. The lowest BCUT2D eigenvalue weighted by atomic mass is 9.95. The first-order valence-electron chi connectivity index (χ1n) is 5.35. The molecule has 2 rings (SSSR count). The van der Waals surface area contributed by atoms with Crippen molar-refractivity contribution in [3.8, 4) is 5.75 Å². The zero-order chi connectivity index (χ0) is 11.6. The molecule has 1 aromatic carbocycles. The molecule has 0 aromatic heterocycles. The van der Waals surface area contributed by atoms with Gasteiger partial charge in [0.05, 0.1) is 7.11 Å². The highest BCUT2D eigenvalue weighted by Gasteiger charge is 2.33. The maximum Gasteiger partial charge on any atom is 0.165 e. The molecule has 1 unspecified atom stereocenters. The molecule has 0 amide bonds. The standard InChI is InChI=1S/C12H15F2NO/c1-16-11-3-2-9(6-10(11)13)7-12(14)4-5-15-8-12/h2-3,6,15H,4-5,7-8H2,1H3. The van der Waals surface area contributed by atoms with Crippen LogP contribution in [0.1, 0.15) is 12.0 Å². The highest BCUT2D eigenvalue weighted by molar-refractivity contribution is 5.30. The SMILES string of the molecule is COc1ccc(CC2(F)CCNC2)cc1F. The van der Waals surface area contributed by atoms with Crippen molar-refractivity contribution in [3.05, 3.63) is 29.6 Å². The Morgan fingerprint density at radius 3 is 2.88 bits per heavy atom. The lowest BCUT2D eigenvalue weighted by molar-refractivity contribution is 0.190. The highest BCUT2D eigenvalue weighted by atomic mass is 19.1. The van der Waals surface area contributed by atoms with Crippen LogP contribution in [0.3, 0.4) is 0 Å². The molecule has 0 radical (unpaired) electrons. The molecule has 1 aliphatic heterocycles. The minimum Gasteiger partial charge on any atom is -0.494 e. The van der Waals surface area contributed by atoms with Crippen LogP contribution in [-0.4, -0.2) is 25.9 Å². The molecule has 0 saturated carbocycles. The molecule has 1 fully saturated rings. The summed E-state index contributed by atoms with van der Waals surface area (Å²) in [6, 6.07) is 4.59. The van der Waals surface area contributed by atoms with Crippen molar-refractivity contribution in [3.63, 3.8) is 0 Å². The van der Waals surface area contributed by atoms with Crippen molar-refractivity contribution in [2.75, 3.05) is 20.2 Å². The van der Waals surface area contributed by atoms with E-state index in [9.17, 15) is 8.78 Å². The van der Waals surface area contributed by atoms with Gasteiger partial charge < -0.3 is 10.1 Å². The molecule has 1 N–H and O–H groups in total. The first-order chi connectivity index (χ1) is 7.63. The van der Waals surface area contributed by atoms with Crippen molar-refractivity contribution >= 4 is 0 Å². The number of rotatable bonds is 3. The average molecular weight is 227 g/mol. The largest absolute Gasteiger partial charge is 0.494 e. The van der Waals surface area contributed by atoms with Gasteiger partial charge >= 0.3 is 0 Å². The smallest absolute Gasteiger partial charge is 0.165 e. The van der Waals surface area contributed by atoms with Gasteiger partial charge in [-0.15, -0.1) is 0 Å². The van der Waals surface area contributed by atoms with Gasteiger partial charge in [-0.2, -0.15) is 0 Å². The first kappa shape index (κ1) is 11.3. The summed E-state index contributed by atoms with van der Waals surface area (Å²) >= 11 is 0. The van der Waals surface area contributed by atoms with Gasteiger partial charge in [-0.05, 0) is 30.7 Å². The van der Waals surface area contributed by atoms with Crippen molar-refractivity contribution in [2.24, 2.45) is 0 Å². The second-order valence-corrected chi connectivity index (χ2v) is 4.22. The Kier molecular flexibility index (Phi) is 3.10. The highest BCUT2D eigenvalue weighted by Crippen LogP contribution is 2.27. The van der Waals surface area contributed by atoms with Gasteiger partial charge in [-0.3, -0.25) is 0 Å². The first-order valence-corrected chi connectivity index (χ1v) is 5.35. The summed E-state index contributed by atoms with van der Waals surface area (Å²) in [5, 5.41) is 2.98. The maximum absolute atomic E-state index is 14.1. The van der Waals surface area contributed by atoms with Crippen LogP contribution in [0.15, 0.2) is 18.2 Å². The van der Waals surface area contributed by atoms with E-state index in [0.29, 0.717) is 25.1 Å². The number of halogens is 2. The monoisotopic (exact) mass is 227 g/mol. The molecule has 16 heavy (non-hydrogen) atoms. The van der Waals surface area contributed by atoms with Crippen LogP contribution >= 0.6 is 0 Å². The van der Waals surface area contributed by atoms with Crippen LogP contribution in [0.25, 0.3) is 0 Å². The van der Waals surface area contributed by atoms with Gasteiger partial charge in [0.15, 0.2) is 11.6 Å². The molecule has 4 heteroatoms. The summed E-state index contributed by atoms with van der Waals surface area (Å²) in [6.45, 7) is 1.04. The van der Waals surface area contributed by atoms with E-state index in [1.165, 1.54) is 19.2 Å². The van der Waals surface area contributed by atoms with Gasteiger partial charge in [0, 0.05) is 13.0 Å². The molecule has 88 valence electrons. The van der Waals surface area contributed by atoms with Crippen LogP contribution in [-0.2, 0) is 6.42 Å². The number of ether oxygens (including phenoxy) is 1. The third kappa shape index (κ3) is 2.32. The minimum atomic E-state index is -1.24. The zero-order valence-corrected chi connectivity index (χ0v) is 9.22. The number of benzene rings is 1. The lowest BCUT2D eigenvalue weighted by Gasteiger charge is -2.18. The molecule has 1 aliphatic rings. The molecule has 1 aromatic rings. The fourth-order valence-corrected chi connectivity index (χ4v) is 2.05. The van der Waals surface area contributed by atoms with E-state index in [-0.39, 0.29) is 12.2 Å². The summed E-state index contributed by atoms with van der Waals surface area (Å²) in [4.78, 5) is 0. The van der Waals surface area contributed by atoms with Crippen LogP contribution in [0.4, 0.5) is 8.78 Å². The van der Waals surface area contributed by atoms with Crippen LogP contribution < -0.4 is 10.1 Å². The van der Waals surface area contributed by atoms with E-state index < -0.39 is 11.5 Å². The fraction of sp³-hybridized carbons (Fsp3) is 0.500. The van der Waals surface area contributed by atoms with E-state index in [0.717, 1.165) is 0 Å². The third-order valence-corrected chi connectivity index (χ3v) is 2.93. The summed E-state index contributed by atoms with van der Waals surface area (Å²) in [5.74, 6) is -0.240. The quantitative estimate of drug-likeness (QED) is 0.853. The predicted octanol–water partition coefficient (Wildman–Crippen LogP) is 2.08. The van der Waals surface area contributed by atoms with E-state index in [4.69, 9.17) is 4.74 Å². The Hall–Kier alpha value is -1.16. The minimum absolute atomic E-state index is 0.196. The Morgan fingerprint density at radius 2 is 2.31 bits per heavy atom. The van der Waals surface area contributed by atoms with E-state index in [1.54, 1.807) is 6.07 Å². The molecular formula is C12H15F2NO. The van der Waals surface area contributed by atoms with Crippen LogP contribution in [0.2, 0.25) is 0 Å². The van der Waals surface area contributed by atoms with Crippen LogP contribution in [0, 0.1) is 5.82 Å². The van der Waals surface area contributed by atoms with E-state index in [1.807, 2.05) is 0 Å². The third-order valence-electron chi connectivity index (χ3n) is 2.93. The summed E-state index contributed by atoms with van der Waals surface area (Å²) < 4.78 is 32.3. The van der Waals surface area contributed by atoms with Gasteiger partial charge in [0.1, 0.15) is 5.67 Å². The number of hydrogen-bond donors (Lipinski definition) is 1.